The van der Waals surface area contributed by atoms with E-state index in [1.165, 1.54) is 0 Å². The number of nitrogens with zero attached hydrogens (tertiary/aromatic N) is 2. The molecule has 0 aromatic heterocycles. The van der Waals surface area contributed by atoms with Crippen molar-refractivity contribution in [3.8, 4) is 23.7 Å². The minimum atomic E-state index is 0. The average molecular weight is 651 g/mol. The third kappa shape index (κ3) is 14.3. The molecule has 0 aliphatic rings. The third-order valence-corrected chi connectivity index (χ3v) is 7.16. The monoisotopic (exact) mass is 648 g/mol. The predicted molar refractivity (Wildman–Crippen MR) is 181 cm³/mol. The molecule has 4 nitrogen and oxygen atoms in total. The van der Waals surface area contributed by atoms with Gasteiger partial charge in [-0.3, -0.25) is 9.80 Å². The highest BCUT2D eigenvalue weighted by atomic mass is 35.5. The van der Waals surface area contributed by atoms with E-state index < -0.39 is 0 Å². The fourth-order valence-corrected chi connectivity index (χ4v) is 4.59. The molecule has 0 unspecified atom stereocenters. The van der Waals surface area contributed by atoms with Gasteiger partial charge in [-0.15, -0.1) is 24.8 Å². The number of hydrogen-bond acceptors (Lipinski definition) is 4. The van der Waals surface area contributed by atoms with Gasteiger partial charge in [0.2, 0.25) is 0 Å². The highest BCUT2D eigenvalue weighted by molar-refractivity contribution is 6.31. The first-order valence-electron chi connectivity index (χ1n) is 13.8. The van der Waals surface area contributed by atoms with Crippen molar-refractivity contribution in [2.75, 3.05) is 39.4 Å². The standard InChI is InChI=1S/C34H38Cl2N2O2.2ClH/c35-33-15-3-1-13-31(33)27-37(21-5-7-25-39)23-9-11-29-17-19-30(20-18-29)12-10-24-38(22-6-8-26-40)28-32-14-2-4-16-34(32)36;;/h1-4,13-20,39-40H,5-8,21-28H2;2*1H. The van der Waals surface area contributed by atoms with Gasteiger partial charge in [-0.1, -0.05) is 83.3 Å². The Morgan fingerprint density at radius 2 is 0.929 bits per heavy atom. The van der Waals surface area contributed by atoms with Crippen LogP contribution in [0.2, 0.25) is 10.0 Å². The molecule has 0 aliphatic carbocycles. The molecule has 0 bridgehead atoms. The summed E-state index contributed by atoms with van der Waals surface area (Å²) in [6.45, 7) is 4.79. The first kappa shape index (κ1) is 37.8. The molecule has 0 spiro atoms. The summed E-state index contributed by atoms with van der Waals surface area (Å²) in [6, 6.07) is 23.8. The van der Waals surface area contributed by atoms with Crippen molar-refractivity contribution >= 4 is 48.0 Å². The summed E-state index contributed by atoms with van der Waals surface area (Å²) in [5, 5.41) is 19.8. The second-order valence-electron chi connectivity index (χ2n) is 9.65. The number of aliphatic hydroxyl groups is 2. The Morgan fingerprint density at radius 1 is 0.548 bits per heavy atom. The van der Waals surface area contributed by atoms with Crippen LogP contribution in [0, 0.1) is 23.7 Å². The Labute approximate surface area is 273 Å². The van der Waals surface area contributed by atoms with Gasteiger partial charge in [0.05, 0.1) is 13.1 Å². The number of rotatable bonds is 14. The lowest BCUT2D eigenvalue weighted by atomic mass is 10.1. The van der Waals surface area contributed by atoms with Gasteiger partial charge in [-0.2, -0.15) is 0 Å². The van der Waals surface area contributed by atoms with Gasteiger partial charge in [-0.25, -0.2) is 0 Å². The predicted octanol–water partition coefficient (Wildman–Crippen LogP) is 7.09. The molecule has 0 atom stereocenters. The van der Waals surface area contributed by atoms with Crippen molar-refractivity contribution in [1.29, 1.82) is 0 Å². The van der Waals surface area contributed by atoms with Gasteiger partial charge >= 0.3 is 0 Å². The molecule has 0 heterocycles. The maximum atomic E-state index is 9.16. The topological polar surface area (TPSA) is 46.9 Å². The highest BCUT2D eigenvalue weighted by Gasteiger charge is 2.08. The van der Waals surface area contributed by atoms with E-state index in [4.69, 9.17) is 33.4 Å². The van der Waals surface area contributed by atoms with Crippen LogP contribution in [0.5, 0.6) is 0 Å². The summed E-state index contributed by atoms with van der Waals surface area (Å²) in [6.07, 6.45) is 3.37. The van der Waals surface area contributed by atoms with Crippen LogP contribution >= 0.6 is 48.0 Å². The zero-order valence-corrected chi connectivity index (χ0v) is 26.9. The summed E-state index contributed by atoms with van der Waals surface area (Å²) < 4.78 is 0. The zero-order chi connectivity index (χ0) is 28.4. The Kier molecular flexibility index (Phi) is 20.1. The largest absolute Gasteiger partial charge is 0.396 e. The first-order valence-corrected chi connectivity index (χ1v) is 14.6. The van der Waals surface area contributed by atoms with Gasteiger partial charge in [0.25, 0.3) is 0 Å². The van der Waals surface area contributed by atoms with E-state index in [-0.39, 0.29) is 38.0 Å². The van der Waals surface area contributed by atoms with Crippen molar-refractivity contribution in [3.05, 3.63) is 105 Å². The lowest BCUT2D eigenvalue weighted by Gasteiger charge is -2.20. The number of benzene rings is 3. The second-order valence-corrected chi connectivity index (χ2v) is 10.5. The molecule has 3 aromatic carbocycles. The van der Waals surface area contributed by atoms with Crippen molar-refractivity contribution < 1.29 is 10.2 Å². The number of unbranched alkanes of at least 4 members (excludes halogenated alkanes) is 2. The molecule has 3 rings (SSSR count). The second kappa shape index (κ2) is 22.3. The van der Waals surface area contributed by atoms with Crippen LogP contribution in [-0.2, 0) is 13.1 Å². The molecule has 0 fully saturated rings. The van der Waals surface area contributed by atoms with Crippen molar-refractivity contribution in [2.45, 2.75) is 38.8 Å². The maximum absolute atomic E-state index is 9.16. The van der Waals surface area contributed by atoms with Gasteiger partial charge in [0.1, 0.15) is 0 Å². The van der Waals surface area contributed by atoms with E-state index >= 15 is 0 Å². The normalized spacial score (nSPS) is 10.2. The van der Waals surface area contributed by atoms with Gasteiger partial charge in [-0.05, 0) is 86.3 Å². The van der Waals surface area contributed by atoms with Crippen LogP contribution in [0.15, 0.2) is 72.8 Å². The lowest BCUT2D eigenvalue weighted by molar-refractivity contribution is 0.252. The molecule has 0 saturated heterocycles. The summed E-state index contributed by atoms with van der Waals surface area (Å²) in [7, 11) is 0. The van der Waals surface area contributed by atoms with Crippen LogP contribution in [0.3, 0.4) is 0 Å². The highest BCUT2D eigenvalue weighted by Crippen LogP contribution is 2.18. The van der Waals surface area contributed by atoms with E-state index in [1.54, 1.807) is 0 Å². The molecular weight excluding hydrogens is 610 g/mol. The summed E-state index contributed by atoms with van der Waals surface area (Å²) >= 11 is 12.7. The molecule has 8 heteroatoms. The Balaban J connectivity index is 0.00000441. The molecule has 2 N–H and O–H groups in total. The van der Waals surface area contributed by atoms with E-state index in [1.807, 2.05) is 72.8 Å². The summed E-state index contributed by atoms with van der Waals surface area (Å²) in [5.74, 6) is 13.1. The minimum Gasteiger partial charge on any atom is -0.396 e. The fraction of sp³-hybridized carbons (Fsp3) is 0.353. The summed E-state index contributed by atoms with van der Waals surface area (Å²) in [5.41, 5.74) is 4.05. The van der Waals surface area contributed by atoms with Crippen molar-refractivity contribution in [2.24, 2.45) is 0 Å². The van der Waals surface area contributed by atoms with E-state index in [0.717, 1.165) is 84.2 Å². The van der Waals surface area contributed by atoms with E-state index in [2.05, 4.69) is 33.5 Å². The van der Waals surface area contributed by atoms with Crippen LogP contribution < -0.4 is 0 Å². The Bertz CT molecular complexity index is 1200. The van der Waals surface area contributed by atoms with Crippen molar-refractivity contribution in [3.63, 3.8) is 0 Å². The molecule has 0 amide bonds. The van der Waals surface area contributed by atoms with Crippen LogP contribution in [-0.4, -0.2) is 59.4 Å². The average Bonchev–Trinajstić information content (AvgIpc) is 2.96. The summed E-state index contributed by atoms with van der Waals surface area (Å²) in [4.78, 5) is 4.53. The van der Waals surface area contributed by atoms with Gasteiger partial charge < -0.3 is 10.2 Å². The molecular formula is C34H40Cl4N2O2. The smallest absolute Gasteiger partial charge is 0.0608 e. The van der Waals surface area contributed by atoms with Crippen LogP contribution in [0.1, 0.15) is 47.9 Å². The quantitative estimate of drug-likeness (QED) is 0.145. The van der Waals surface area contributed by atoms with Crippen molar-refractivity contribution in [1.82, 2.24) is 9.80 Å². The third-order valence-electron chi connectivity index (χ3n) is 6.42. The molecule has 0 saturated carbocycles. The van der Waals surface area contributed by atoms with Gasteiger partial charge in [0, 0.05) is 47.5 Å². The minimum absolute atomic E-state index is 0. The lowest BCUT2D eigenvalue weighted by Crippen LogP contribution is -2.25. The number of hydrogen-bond donors (Lipinski definition) is 2. The first-order chi connectivity index (χ1) is 19.6. The Morgan fingerprint density at radius 3 is 1.29 bits per heavy atom. The SMILES string of the molecule is Cl.Cl.OCCCCN(CC#Cc1ccc(C#CCN(CCCCO)Cc2ccccc2Cl)cc1)Cc1ccccc1Cl. The molecule has 226 valence electrons. The Hall–Kier alpha value is -2.22. The molecule has 3 aromatic rings. The number of aliphatic hydroxyl groups excluding tert-OH is 2. The van der Waals surface area contributed by atoms with Crippen LogP contribution in [0.25, 0.3) is 0 Å². The van der Waals surface area contributed by atoms with E-state index in [0.29, 0.717) is 13.1 Å². The number of halogens is 4. The zero-order valence-electron chi connectivity index (χ0n) is 23.8. The van der Waals surface area contributed by atoms with E-state index in [9.17, 15) is 0 Å². The molecule has 0 radical (unpaired) electrons. The van der Waals surface area contributed by atoms with Crippen LogP contribution in [0.4, 0.5) is 0 Å². The van der Waals surface area contributed by atoms with Gasteiger partial charge in [0.15, 0.2) is 0 Å². The molecule has 0 aliphatic heterocycles. The maximum Gasteiger partial charge on any atom is 0.0608 e. The molecule has 42 heavy (non-hydrogen) atoms. The fourth-order valence-electron chi connectivity index (χ4n) is 4.20.